The maximum atomic E-state index is 11.8. The summed E-state index contributed by atoms with van der Waals surface area (Å²) >= 11 is 5.82. The van der Waals surface area contributed by atoms with Crippen LogP contribution < -0.4 is 15.4 Å². The molecule has 0 saturated carbocycles. The van der Waals surface area contributed by atoms with Gasteiger partial charge in [0.2, 0.25) is 5.91 Å². The van der Waals surface area contributed by atoms with Crippen LogP contribution in [0.3, 0.4) is 0 Å². The van der Waals surface area contributed by atoms with Gasteiger partial charge in [-0.05, 0) is 37.5 Å². The minimum Gasteiger partial charge on any atom is -0.484 e. The molecule has 5 nitrogen and oxygen atoms in total. The van der Waals surface area contributed by atoms with Gasteiger partial charge in [-0.25, -0.2) is 0 Å². The van der Waals surface area contributed by atoms with Crippen LogP contribution in [0.4, 0.5) is 0 Å². The Bertz CT molecular complexity index is 493. The van der Waals surface area contributed by atoms with Gasteiger partial charge in [-0.2, -0.15) is 0 Å². The van der Waals surface area contributed by atoms with Crippen LogP contribution in [0.5, 0.6) is 5.75 Å². The zero-order valence-corrected chi connectivity index (χ0v) is 11.8. The van der Waals surface area contributed by atoms with Gasteiger partial charge in [0.25, 0.3) is 5.91 Å². The minimum atomic E-state index is -0.465. The monoisotopic (exact) mass is 296 g/mol. The standard InChI is InChI=1S/C14H17ClN2O3/c15-10-4-3-5-11(8-10)20-9-13(18)17-12-6-1-2-7-16-14(12)19/h3-5,8,12H,1-2,6-7,9H2,(H,16,19)(H,17,18)/t12-/m1/s1. The van der Waals surface area contributed by atoms with Crippen molar-refractivity contribution in [3.63, 3.8) is 0 Å². The first kappa shape index (κ1) is 14.7. The number of benzene rings is 1. The molecular formula is C14H17ClN2O3. The number of ether oxygens (including phenoxy) is 1. The molecule has 0 bridgehead atoms. The van der Waals surface area contributed by atoms with E-state index in [2.05, 4.69) is 10.6 Å². The SMILES string of the molecule is O=C(COc1cccc(Cl)c1)N[C@@H]1CCCCNC1=O. The summed E-state index contributed by atoms with van der Waals surface area (Å²) in [7, 11) is 0. The molecule has 1 fully saturated rings. The van der Waals surface area contributed by atoms with Crippen LogP contribution >= 0.6 is 11.6 Å². The van der Waals surface area contributed by atoms with Crippen LogP contribution in [0.2, 0.25) is 5.02 Å². The van der Waals surface area contributed by atoms with Crippen molar-refractivity contribution in [2.45, 2.75) is 25.3 Å². The van der Waals surface area contributed by atoms with Crippen LogP contribution in [0.1, 0.15) is 19.3 Å². The number of carbonyl (C=O) groups excluding carboxylic acids is 2. The number of hydrogen-bond acceptors (Lipinski definition) is 3. The Kier molecular flexibility index (Phi) is 5.24. The van der Waals surface area contributed by atoms with Crippen molar-refractivity contribution in [2.24, 2.45) is 0 Å². The summed E-state index contributed by atoms with van der Waals surface area (Å²) < 4.78 is 5.33. The molecule has 1 saturated heterocycles. The molecule has 0 unspecified atom stereocenters. The van der Waals surface area contributed by atoms with Crippen LogP contribution in [-0.4, -0.2) is 31.0 Å². The summed E-state index contributed by atoms with van der Waals surface area (Å²) in [6.45, 7) is 0.536. The lowest BCUT2D eigenvalue weighted by Gasteiger charge is -2.15. The molecule has 1 atom stereocenters. The predicted octanol–water partition coefficient (Wildman–Crippen LogP) is 1.50. The van der Waals surface area contributed by atoms with Gasteiger partial charge in [0.05, 0.1) is 0 Å². The first-order chi connectivity index (χ1) is 9.65. The van der Waals surface area contributed by atoms with Crippen LogP contribution in [0.15, 0.2) is 24.3 Å². The second kappa shape index (κ2) is 7.14. The first-order valence-electron chi connectivity index (χ1n) is 6.60. The van der Waals surface area contributed by atoms with Gasteiger partial charge in [-0.3, -0.25) is 9.59 Å². The summed E-state index contributed by atoms with van der Waals surface area (Å²) in [6, 6.07) is 6.36. The summed E-state index contributed by atoms with van der Waals surface area (Å²) in [4.78, 5) is 23.5. The average Bonchev–Trinajstić information content (AvgIpc) is 2.62. The van der Waals surface area contributed by atoms with Gasteiger partial charge < -0.3 is 15.4 Å². The van der Waals surface area contributed by atoms with E-state index in [1.165, 1.54) is 0 Å². The zero-order chi connectivity index (χ0) is 14.4. The number of amides is 2. The van der Waals surface area contributed by atoms with Crippen molar-refractivity contribution in [3.05, 3.63) is 29.3 Å². The van der Waals surface area contributed by atoms with Crippen molar-refractivity contribution in [2.75, 3.05) is 13.2 Å². The summed E-state index contributed by atoms with van der Waals surface area (Å²) in [5.41, 5.74) is 0. The van der Waals surface area contributed by atoms with Gasteiger partial charge in [-0.1, -0.05) is 17.7 Å². The van der Waals surface area contributed by atoms with Crippen molar-refractivity contribution in [1.82, 2.24) is 10.6 Å². The molecule has 1 aliphatic rings. The number of rotatable bonds is 4. The number of hydrogen-bond donors (Lipinski definition) is 2. The van der Waals surface area contributed by atoms with E-state index in [9.17, 15) is 9.59 Å². The predicted molar refractivity (Wildman–Crippen MR) is 75.7 cm³/mol. The maximum absolute atomic E-state index is 11.8. The molecule has 0 radical (unpaired) electrons. The third-order valence-corrected chi connectivity index (χ3v) is 3.27. The third kappa shape index (κ3) is 4.42. The smallest absolute Gasteiger partial charge is 0.258 e. The molecule has 108 valence electrons. The highest BCUT2D eigenvalue weighted by Gasteiger charge is 2.22. The number of carbonyl (C=O) groups is 2. The Morgan fingerprint density at radius 3 is 3.10 bits per heavy atom. The molecule has 1 aromatic carbocycles. The molecule has 1 aromatic rings. The van der Waals surface area contributed by atoms with Crippen molar-refractivity contribution in [3.8, 4) is 5.75 Å². The van der Waals surface area contributed by atoms with E-state index in [1.54, 1.807) is 24.3 Å². The van der Waals surface area contributed by atoms with E-state index < -0.39 is 6.04 Å². The largest absolute Gasteiger partial charge is 0.484 e. The highest BCUT2D eigenvalue weighted by Crippen LogP contribution is 2.16. The van der Waals surface area contributed by atoms with Crippen molar-refractivity contribution in [1.29, 1.82) is 0 Å². The molecule has 2 amide bonds. The first-order valence-corrected chi connectivity index (χ1v) is 6.98. The maximum Gasteiger partial charge on any atom is 0.258 e. The molecule has 0 spiro atoms. The molecule has 20 heavy (non-hydrogen) atoms. The van der Waals surface area contributed by atoms with Crippen LogP contribution in [0.25, 0.3) is 0 Å². The van der Waals surface area contributed by atoms with Crippen LogP contribution in [0, 0.1) is 0 Å². The minimum absolute atomic E-state index is 0.126. The highest BCUT2D eigenvalue weighted by molar-refractivity contribution is 6.30. The molecule has 2 N–H and O–H groups in total. The molecule has 0 aromatic heterocycles. The quantitative estimate of drug-likeness (QED) is 0.885. The van der Waals surface area contributed by atoms with Gasteiger partial charge >= 0.3 is 0 Å². The van der Waals surface area contributed by atoms with Gasteiger partial charge in [0.1, 0.15) is 11.8 Å². The molecule has 0 aliphatic carbocycles. The van der Waals surface area contributed by atoms with Crippen LogP contribution in [-0.2, 0) is 9.59 Å². The van der Waals surface area contributed by atoms with E-state index in [1.807, 2.05) is 0 Å². The fourth-order valence-electron chi connectivity index (χ4n) is 2.02. The van der Waals surface area contributed by atoms with Crippen molar-refractivity contribution >= 4 is 23.4 Å². The normalized spacial score (nSPS) is 18.9. The lowest BCUT2D eigenvalue weighted by molar-refractivity contribution is -0.129. The fraction of sp³-hybridized carbons (Fsp3) is 0.429. The summed E-state index contributed by atoms with van der Waals surface area (Å²) in [6.07, 6.45) is 2.52. The van der Waals surface area contributed by atoms with E-state index in [4.69, 9.17) is 16.3 Å². The Morgan fingerprint density at radius 1 is 1.45 bits per heavy atom. The number of halogens is 1. The van der Waals surface area contributed by atoms with Crippen molar-refractivity contribution < 1.29 is 14.3 Å². The average molecular weight is 297 g/mol. The summed E-state index contributed by atoms with van der Waals surface area (Å²) in [5.74, 6) is 0.0867. The Hall–Kier alpha value is -1.75. The Labute approximate surface area is 122 Å². The molecule has 2 rings (SSSR count). The van der Waals surface area contributed by atoms with E-state index >= 15 is 0 Å². The van der Waals surface area contributed by atoms with Gasteiger partial charge in [0, 0.05) is 11.6 Å². The number of nitrogens with one attached hydrogen (secondary N) is 2. The van der Waals surface area contributed by atoms with E-state index in [-0.39, 0.29) is 18.4 Å². The second-order valence-corrected chi connectivity index (χ2v) is 5.09. The lowest BCUT2D eigenvalue weighted by atomic mass is 10.1. The Balaban J connectivity index is 1.81. The van der Waals surface area contributed by atoms with Gasteiger partial charge in [-0.15, -0.1) is 0 Å². The van der Waals surface area contributed by atoms with E-state index in [0.29, 0.717) is 23.7 Å². The molecule has 1 aliphatic heterocycles. The fourth-order valence-corrected chi connectivity index (χ4v) is 2.20. The molecule has 1 heterocycles. The summed E-state index contributed by atoms with van der Waals surface area (Å²) in [5, 5.41) is 6.00. The Morgan fingerprint density at radius 2 is 2.30 bits per heavy atom. The second-order valence-electron chi connectivity index (χ2n) is 4.65. The lowest BCUT2D eigenvalue weighted by Crippen LogP contribution is -2.46. The third-order valence-electron chi connectivity index (χ3n) is 3.04. The topological polar surface area (TPSA) is 67.4 Å². The highest BCUT2D eigenvalue weighted by atomic mass is 35.5. The zero-order valence-electron chi connectivity index (χ0n) is 11.0. The van der Waals surface area contributed by atoms with E-state index in [0.717, 1.165) is 12.8 Å². The molecular weight excluding hydrogens is 280 g/mol. The molecule has 6 heteroatoms. The van der Waals surface area contributed by atoms with Gasteiger partial charge in [0.15, 0.2) is 6.61 Å².